The van der Waals surface area contributed by atoms with E-state index in [1.165, 1.54) is 0 Å². The molecule has 2 N–H and O–H groups in total. The highest BCUT2D eigenvalue weighted by Crippen LogP contribution is 2.24. The number of carbonyl (C=O) groups is 3. The Morgan fingerprint density at radius 3 is 2.67 bits per heavy atom. The second-order valence-corrected chi connectivity index (χ2v) is 6.69. The SMILES string of the molecule is Cc1ccc2c(c1)C(=O)N(CCC(=O)Nc1ccc3c(C)[nH]nc3c1)C2=O. The molecular formula is C20H18N4O3. The molecule has 136 valence electrons. The number of amides is 3. The highest BCUT2D eigenvalue weighted by atomic mass is 16.2. The van der Waals surface area contributed by atoms with Crippen LogP contribution in [0.15, 0.2) is 36.4 Å². The summed E-state index contributed by atoms with van der Waals surface area (Å²) in [6, 6.07) is 10.6. The summed E-state index contributed by atoms with van der Waals surface area (Å²) in [4.78, 5) is 38.2. The van der Waals surface area contributed by atoms with Gasteiger partial charge in [-0.2, -0.15) is 5.10 Å². The first-order valence-corrected chi connectivity index (χ1v) is 8.65. The fourth-order valence-electron chi connectivity index (χ4n) is 3.27. The number of nitrogens with one attached hydrogen (secondary N) is 2. The number of hydrogen-bond acceptors (Lipinski definition) is 4. The van der Waals surface area contributed by atoms with Crippen LogP contribution in [0.3, 0.4) is 0 Å². The van der Waals surface area contributed by atoms with Gasteiger partial charge in [-0.3, -0.25) is 24.4 Å². The van der Waals surface area contributed by atoms with E-state index in [9.17, 15) is 14.4 Å². The fraction of sp³-hybridized carbons (Fsp3) is 0.200. The van der Waals surface area contributed by atoms with Crippen LogP contribution >= 0.6 is 0 Å². The molecule has 3 aromatic rings. The average Bonchev–Trinajstić information content (AvgIpc) is 3.11. The van der Waals surface area contributed by atoms with E-state index in [0.717, 1.165) is 27.1 Å². The Morgan fingerprint density at radius 2 is 1.85 bits per heavy atom. The highest BCUT2D eigenvalue weighted by Gasteiger charge is 2.35. The van der Waals surface area contributed by atoms with Crippen molar-refractivity contribution in [2.45, 2.75) is 20.3 Å². The van der Waals surface area contributed by atoms with Gasteiger partial charge in [0.1, 0.15) is 0 Å². The summed E-state index contributed by atoms with van der Waals surface area (Å²) in [5.74, 6) is -0.967. The van der Waals surface area contributed by atoms with Gasteiger partial charge in [0.25, 0.3) is 11.8 Å². The Morgan fingerprint density at radius 1 is 1.07 bits per heavy atom. The van der Waals surface area contributed by atoms with E-state index >= 15 is 0 Å². The number of carbonyl (C=O) groups excluding carboxylic acids is 3. The van der Waals surface area contributed by atoms with Gasteiger partial charge in [-0.1, -0.05) is 11.6 Å². The second kappa shape index (κ2) is 6.35. The molecule has 0 fully saturated rings. The summed E-state index contributed by atoms with van der Waals surface area (Å²) in [5, 5.41) is 10.8. The van der Waals surface area contributed by atoms with Gasteiger partial charge < -0.3 is 5.32 Å². The predicted molar refractivity (Wildman–Crippen MR) is 101 cm³/mol. The van der Waals surface area contributed by atoms with Crippen molar-refractivity contribution in [3.8, 4) is 0 Å². The largest absolute Gasteiger partial charge is 0.326 e. The number of imide groups is 1. The fourth-order valence-corrected chi connectivity index (χ4v) is 3.27. The average molecular weight is 362 g/mol. The number of benzene rings is 2. The van der Waals surface area contributed by atoms with Crippen LogP contribution < -0.4 is 5.32 Å². The minimum Gasteiger partial charge on any atom is -0.326 e. The van der Waals surface area contributed by atoms with E-state index in [-0.39, 0.29) is 30.7 Å². The van der Waals surface area contributed by atoms with E-state index < -0.39 is 0 Å². The molecule has 0 atom stereocenters. The standard InChI is InChI=1S/C20H18N4O3/c1-11-3-5-15-16(9-11)20(27)24(19(15)26)8-7-18(25)21-13-4-6-14-12(2)22-23-17(14)10-13/h3-6,9-10H,7-8H2,1-2H3,(H,21,25)(H,22,23). The van der Waals surface area contributed by atoms with Crippen molar-refractivity contribution in [3.05, 3.63) is 58.8 Å². The molecule has 0 spiro atoms. The molecule has 7 heteroatoms. The first-order valence-electron chi connectivity index (χ1n) is 8.65. The quantitative estimate of drug-likeness (QED) is 0.698. The van der Waals surface area contributed by atoms with E-state index in [1.54, 1.807) is 30.3 Å². The maximum Gasteiger partial charge on any atom is 0.261 e. The van der Waals surface area contributed by atoms with Crippen molar-refractivity contribution in [2.75, 3.05) is 11.9 Å². The molecule has 4 rings (SSSR count). The number of aromatic amines is 1. The number of aromatic nitrogens is 2. The van der Waals surface area contributed by atoms with Crippen LogP contribution in [-0.4, -0.2) is 39.4 Å². The van der Waals surface area contributed by atoms with Gasteiger partial charge in [0.05, 0.1) is 16.6 Å². The Bertz CT molecular complexity index is 1100. The lowest BCUT2D eigenvalue weighted by atomic mass is 10.1. The second-order valence-electron chi connectivity index (χ2n) is 6.69. The van der Waals surface area contributed by atoms with E-state index in [4.69, 9.17) is 0 Å². The normalized spacial score (nSPS) is 13.3. The molecule has 2 heterocycles. The lowest BCUT2D eigenvalue weighted by Crippen LogP contribution is -2.32. The maximum absolute atomic E-state index is 12.4. The van der Waals surface area contributed by atoms with E-state index in [1.807, 2.05) is 19.9 Å². The lowest BCUT2D eigenvalue weighted by molar-refractivity contribution is -0.116. The molecular weight excluding hydrogens is 344 g/mol. The van der Waals surface area contributed by atoms with Crippen LogP contribution in [0.5, 0.6) is 0 Å². The molecule has 0 bridgehead atoms. The molecule has 0 saturated carbocycles. The Kier molecular flexibility index (Phi) is 3.99. The first kappa shape index (κ1) is 17.0. The highest BCUT2D eigenvalue weighted by molar-refractivity contribution is 6.21. The molecule has 1 aliphatic heterocycles. The smallest absolute Gasteiger partial charge is 0.261 e. The van der Waals surface area contributed by atoms with Gasteiger partial charge in [0, 0.05) is 29.7 Å². The van der Waals surface area contributed by atoms with Crippen LogP contribution in [0.2, 0.25) is 0 Å². The zero-order chi connectivity index (χ0) is 19.1. The molecule has 0 saturated heterocycles. The summed E-state index contributed by atoms with van der Waals surface area (Å²) in [6.07, 6.45) is 0.0298. The number of anilines is 1. The number of H-pyrrole nitrogens is 1. The maximum atomic E-state index is 12.4. The Hall–Kier alpha value is -3.48. The summed E-state index contributed by atoms with van der Waals surface area (Å²) < 4.78 is 0. The van der Waals surface area contributed by atoms with E-state index in [0.29, 0.717) is 16.8 Å². The van der Waals surface area contributed by atoms with Crippen LogP contribution in [0, 0.1) is 13.8 Å². The monoisotopic (exact) mass is 362 g/mol. The Labute approximate surface area is 155 Å². The summed E-state index contributed by atoms with van der Waals surface area (Å²) in [6.45, 7) is 3.84. The zero-order valence-corrected chi connectivity index (χ0v) is 15.0. The van der Waals surface area contributed by atoms with Crippen LogP contribution in [-0.2, 0) is 4.79 Å². The van der Waals surface area contributed by atoms with Crippen molar-refractivity contribution in [1.82, 2.24) is 15.1 Å². The van der Waals surface area contributed by atoms with Gasteiger partial charge >= 0.3 is 0 Å². The van der Waals surface area contributed by atoms with Crippen molar-refractivity contribution < 1.29 is 14.4 Å². The summed E-state index contributed by atoms with van der Waals surface area (Å²) in [7, 11) is 0. The third kappa shape index (κ3) is 2.97. The van der Waals surface area contributed by atoms with Crippen molar-refractivity contribution in [1.29, 1.82) is 0 Å². The molecule has 3 amide bonds. The van der Waals surface area contributed by atoms with Crippen molar-refractivity contribution >= 4 is 34.3 Å². The van der Waals surface area contributed by atoms with Gasteiger partial charge in [-0.05, 0) is 44.2 Å². The summed E-state index contributed by atoms with van der Waals surface area (Å²) >= 11 is 0. The first-order chi connectivity index (χ1) is 12.9. The lowest BCUT2D eigenvalue weighted by Gasteiger charge is -2.13. The van der Waals surface area contributed by atoms with Crippen LogP contribution in [0.4, 0.5) is 5.69 Å². The molecule has 0 radical (unpaired) electrons. The van der Waals surface area contributed by atoms with Gasteiger partial charge in [0.2, 0.25) is 5.91 Å². The predicted octanol–water partition coefficient (Wildman–Crippen LogP) is 2.80. The third-order valence-electron chi connectivity index (χ3n) is 4.72. The van der Waals surface area contributed by atoms with Gasteiger partial charge in [-0.25, -0.2) is 0 Å². The molecule has 0 unspecified atom stereocenters. The molecule has 7 nitrogen and oxygen atoms in total. The number of nitrogens with zero attached hydrogens (tertiary/aromatic N) is 2. The third-order valence-corrected chi connectivity index (χ3v) is 4.72. The van der Waals surface area contributed by atoms with Crippen LogP contribution in [0.1, 0.15) is 38.4 Å². The number of aryl methyl sites for hydroxylation is 2. The van der Waals surface area contributed by atoms with Crippen LogP contribution in [0.25, 0.3) is 10.9 Å². The minimum atomic E-state index is -0.351. The molecule has 2 aromatic carbocycles. The zero-order valence-electron chi connectivity index (χ0n) is 15.0. The molecule has 1 aliphatic rings. The molecule has 27 heavy (non-hydrogen) atoms. The van der Waals surface area contributed by atoms with Crippen molar-refractivity contribution in [2.24, 2.45) is 0 Å². The number of fused-ring (bicyclic) bond motifs is 2. The molecule has 1 aromatic heterocycles. The minimum absolute atomic E-state index is 0.0298. The molecule has 0 aliphatic carbocycles. The topological polar surface area (TPSA) is 95.2 Å². The van der Waals surface area contributed by atoms with Gasteiger partial charge in [-0.15, -0.1) is 0 Å². The number of hydrogen-bond donors (Lipinski definition) is 2. The summed E-state index contributed by atoms with van der Waals surface area (Å²) in [5.41, 5.74) is 4.06. The number of rotatable bonds is 4. The van der Waals surface area contributed by atoms with Crippen molar-refractivity contribution in [3.63, 3.8) is 0 Å². The van der Waals surface area contributed by atoms with E-state index in [2.05, 4.69) is 15.5 Å². The van der Waals surface area contributed by atoms with Gasteiger partial charge in [0.15, 0.2) is 0 Å². The Balaban J connectivity index is 1.42.